The number of carbonyl (C=O) groups excluding carboxylic acids is 2. The Morgan fingerprint density at radius 1 is 1.00 bits per heavy atom. The van der Waals surface area contributed by atoms with Crippen molar-refractivity contribution in [3.8, 4) is 0 Å². The summed E-state index contributed by atoms with van der Waals surface area (Å²) in [6, 6.07) is 0. The van der Waals surface area contributed by atoms with E-state index in [1.165, 1.54) is 0 Å². The van der Waals surface area contributed by atoms with E-state index in [-0.39, 0.29) is 22.5 Å². The Labute approximate surface area is 117 Å². The topological polar surface area (TPSA) is 72.2 Å². The van der Waals surface area contributed by atoms with E-state index >= 15 is 0 Å². The minimum atomic E-state index is -0.856. The van der Waals surface area contributed by atoms with Gasteiger partial charge in [-0.3, -0.25) is 4.79 Å². The molecule has 0 bridgehead atoms. The molecule has 0 saturated heterocycles. The Kier molecular flexibility index (Phi) is 5.75. The first-order chi connectivity index (χ1) is 8.25. The SMILES string of the molecule is CC(=O)CC(C)(C)CC(C)(C)CNC(=O)C(C)(C)N. The van der Waals surface area contributed by atoms with Crippen LogP contribution in [0.4, 0.5) is 0 Å². The first-order valence-corrected chi connectivity index (χ1v) is 6.82. The summed E-state index contributed by atoms with van der Waals surface area (Å²) in [7, 11) is 0. The second-order valence-electron chi connectivity index (χ2n) is 7.79. The average molecular weight is 270 g/mol. The third kappa shape index (κ3) is 7.98. The Bertz CT molecular complexity index is 339. The van der Waals surface area contributed by atoms with E-state index < -0.39 is 5.54 Å². The summed E-state index contributed by atoms with van der Waals surface area (Å²) in [6.45, 7) is 13.9. The molecule has 0 heterocycles. The Hall–Kier alpha value is -0.900. The monoisotopic (exact) mass is 270 g/mol. The molecule has 4 heteroatoms. The molecule has 0 aromatic rings. The fraction of sp³-hybridized carbons (Fsp3) is 0.867. The Balaban J connectivity index is 4.48. The molecule has 0 aromatic carbocycles. The highest BCUT2D eigenvalue weighted by molar-refractivity contribution is 5.85. The second kappa shape index (κ2) is 6.04. The number of amides is 1. The maximum atomic E-state index is 11.8. The van der Waals surface area contributed by atoms with Crippen molar-refractivity contribution in [2.45, 2.75) is 66.8 Å². The number of nitrogens with two attached hydrogens (primary N) is 1. The number of carbonyl (C=O) groups is 2. The van der Waals surface area contributed by atoms with Crippen molar-refractivity contribution >= 4 is 11.7 Å². The molecule has 0 atom stereocenters. The Morgan fingerprint density at radius 2 is 1.47 bits per heavy atom. The average Bonchev–Trinajstić information content (AvgIpc) is 2.08. The molecule has 0 aliphatic carbocycles. The van der Waals surface area contributed by atoms with Crippen LogP contribution in [0, 0.1) is 10.8 Å². The predicted molar refractivity (Wildman–Crippen MR) is 78.8 cm³/mol. The van der Waals surface area contributed by atoms with E-state index in [0.29, 0.717) is 13.0 Å². The molecule has 0 rings (SSSR count). The van der Waals surface area contributed by atoms with Crippen LogP contribution in [0.25, 0.3) is 0 Å². The lowest BCUT2D eigenvalue weighted by Gasteiger charge is -2.35. The summed E-state index contributed by atoms with van der Waals surface area (Å²) in [5.74, 6) is 0.0536. The summed E-state index contributed by atoms with van der Waals surface area (Å²) in [5, 5.41) is 2.89. The summed E-state index contributed by atoms with van der Waals surface area (Å²) in [4.78, 5) is 23.0. The Morgan fingerprint density at radius 3 is 1.84 bits per heavy atom. The van der Waals surface area contributed by atoms with Crippen LogP contribution >= 0.6 is 0 Å². The van der Waals surface area contributed by atoms with E-state index in [4.69, 9.17) is 5.73 Å². The standard InChI is InChI=1S/C15H30N2O2/c1-11(18)8-13(2,3)9-14(4,5)10-17-12(19)15(6,7)16/h8-10,16H2,1-7H3,(H,17,19). The maximum Gasteiger partial charge on any atom is 0.239 e. The lowest BCUT2D eigenvalue weighted by atomic mass is 9.72. The summed E-state index contributed by atoms with van der Waals surface area (Å²) < 4.78 is 0. The van der Waals surface area contributed by atoms with Crippen LogP contribution in [0.1, 0.15) is 61.3 Å². The smallest absolute Gasteiger partial charge is 0.239 e. The molecule has 19 heavy (non-hydrogen) atoms. The largest absolute Gasteiger partial charge is 0.354 e. The number of hydrogen-bond donors (Lipinski definition) is 2. The van der Waals surface area contributed by atoms with Crippen molar-refractivity contribution in [3.63, 3.8) is 0 Å². The third-order valence-corrected chi connectivity index (χ3v) is 3.00. The van der Waals surface area contributed by atoms with Gasteiger partial charge in [-0.15, -0.1) is 0 Å². The normalized spacial score (nSPS) is 13.3. The molecule has 4 nitrogen and oxygen atoms in total. The van der Waals surface area contributed by atoms with Gasteiger partial charge in [-0.25, -0.2) is 0 Å². The molecule has 112 valence electrons. The highest BCUT2D eigenvalue weighted by atomic mass is 16.2. The van der Waals surface area contributed by atoms with Crippen molar-refractivity contribution in [2.24, 2.45) is 16.6 Å². The number of ketones is 1. The highest BCUT2D eigenvalue weighted by Crippen LogP contribution is 2.35. The van der Waals surface area contributed by atoms with Crippen LogP contribution in [0.15, 0.2) is 0 Å². The zero-order valence-electron chi connectivity index (χ0n) is 13.5. The number of nitrogens with one attached hydrogen (secondary N) is 1. The summed E-state index contributed by atoms with van der Waals surface area (Å²) >= 11 is 0. The molecule has 0 spiro atoms. The van der Waals surface area contributed by atoms with Crippen LogP contribution in [0.2, 0.25) is 0 Å². The van der Waals surface area contributed by atoms with Crippen LogP contribution in [-0.2, 0) is 9.59 Å². The van der Waals surface area contributed by atoms with Crippen molar-refractivity contribution in [3.05, 3.63) is 0 Å². The van der Waals surface area contributed by atoms with Crippen LogP contribution in [-0.4, -0.2) is 23.8 Å². The first-order valence-electron chi connectivity index (χ1n) is 6.82. The van der Waals surface area contributed by atoms with Gasteiger partial charge in [-0.05, 0) is 38.0 Å². The van der Waals surface area contributed by atoms with Gasteiger partial charge in [0.2, 0.25) is 5.91 Å². The lowest BCUT2D eigenvalue weighted by molar-refractivity contribution is -0.126. The van der Waals surface area contributed by atoms with E-state index in [2.05, 4.69) is 33.0 Å². The van der Waals surface area contributed by atoms with E-state index in [1.54, 1.807) is 20.8 Å². The summed E-state index contributed by atoms with van der Waals surface area (Å²) in [5.41, 5.74) is 4.76. The molecule has 1 amide bonds. The minimum Gasteiger partial charge on any atom is -0.354 e. The molecule has 0 saturated carbocycles. The van der Waals surface area contributed by atoms with Gasteiger partial charge in [-0.1, -0.05) is 27.7 Å². The number of hydrogen-bond acceptors (Lipinski definition) is 3. The van der Waals surface area contributed by atoms with Gasteiger partial charge in [0.1, 0.15) is 5.78 Å². The zero-order chi connectivity index (χ0) is 15.5. The summed E-state index contributed by atoms with van der Waals surface area (Å²) in [6.07, 6.45) is 1.43. The second-order valence-corrected chi connectivity index (χ2v) is 7.79. The van der Waals surface area contributed by atoms with Gasteiger partial charge in [0, 0.05) is 13.0 Å². The first kappa shape index (κ1) is 18.1. The molecule has 0 fully saturated rings. The number of rotatable bonds is 7. The highest BCUT2D eigenvalue weighted by Gasteiger charge is 2.31. The van der Waals surface area contributed by atoms with Gasteiger partial charge in [-0.2, -0.15) is 0 Å². The van der Waals surface area contributed by atoms with Gasteiger partial charge >= 0.3 is 0 Å². The van der Waals surface area contributed by atoms with Gasteiger partial charge in [0.25, 0.3) is 0 Å². The van der Waals surface area contributed by atoms with Gasteiger partial charge in [0.15, 0.2) is 0 Å². The molecule has 0 unspecified atom stereocenters. The zero-order valence-corrected chi connectivity index (χ0v) is 13.5. The van der Waals surface area contributed by atoms with Gasteiger partial charge < -0.3 is 15.8 Å². The van der Waals surface area contributed by atoms with Crippen LogP contribution in [0.5, 0.6) is 0 Å². The van der Waals surface area contributed by atoms with Crippen molar-refractivity contribution < 1.29 is 9.59 Å². The molecular weight excluding hydrogens is 240 g/mol. The van der Waals surface area contributed by atoms with E-state index in [0.717, 1.165) is 6.42 Å². The van der Waals surface area contributed by atoms with Crippen molar-refractivity contribution in [1.82, 2.24) is 5.32 Å². The van der Waals surface area contributed by atoms with E-state index in [1.807, 2.05) is 0 Å². The molecular formula is C15H30N2O2. The molecule has 0 aromatic heterocycles. The molecule has 0 aliphatic heterocycles. The van der Waals surface area contributed by atoms with Crippen molar-refractivity contribution in [1.29, 1.82) is 0 Å². The molecule has 0 radical (unpaired) electrons. The fourth-order valence-corrected chi connectivity index (χ4v) is 2.64. The quantitative estimate of drug-likeness (QED) is 0.745. The van der Waals surface area contributed by atoms with Crippen LogP contribution in [0.3, 0.4) is 0 Å². The van der Waals surface area contributed by atoms with Crippen LogP contribution < -0.4 is 11.1 Å². The predicted octanol–water partition coefficient (Wildman–Crippen LogP) is 2.26. The fourth-order valence-electron chi connectivity index (χ4n) is 2.64. The number of Topliss-reactive ketones (excluding diaryl/α,β-unsaturated/α-hetero) is 1. The maximum absolute atomic E-state index is 11.8. The molecule has 0 aliphatic rings. The lowest BCUT2D eigenvalue weighted by Crippen LogP contribution is -2.51. The van der Waals surface area contributed by atoms with E-state index in [9.17, 15) is 9.59 Å². The third-order valence-electron chi connectivity index (χ3n) is 3.00. The van der Waals surface area contributed by atoms with Gasteiger partial charge in [0.05, 0.1) is 5.54 Å². The minimum absolute atomic E-state index is 0.0572. The molecule has 3 N–H and O–H groups in total. The van der Waals surface area contributed by atoms with Crippen molar-refractivity contribution in [2.75, 3.05) is 6.54 Å².